The topological polar surface area (TPSA) is 60.7 Å². The van der Waals surface area contributed by atoms with Crippen molar-refractivity contribution in [1.82, 2.24) is 4.57 Å². The summed E-state index contributed by atoms with van der Waals surface area (Å²) in [6.45, 7) is 5.82. The molecule has 0 fully saturated rings. The summed E-state index contributed by atoms with van der Waals surface area (Å²) in [4.78, 5) is 32.3. The number of thiazole rings is 1. The second-order valence-corrected chi connectivity index (χ2v) is 11.2. The molecule has 2 heterocycles. The quantitative estimate of drug-likeness (QED) is 0.270. The van der Waals surface area contributed by atoms with Gasteiger partial charge in [0, 0.05) is 8.95 Å². The van der Waals surface area contributed by atoms with Gasteiger partial charge >= 0.3 is 5.97 Å². The van der Waals surface area contributed by atoms with Gasteiger partial charge in [0.15, 0.2) is 4.80 Å². The molecule has 0 saturated carbocycles. The zero-order valence-corrected chi connectivity index (χ0v) is 23.8. The number of ether oxygens (including phenoxy) is 1. The van der Waals surface area contributed by atoms with Crippen molar-refractivity contribution >= 4 is 66.0 Å². The normalized spacial score (nSPS) is 15.7. The van der Waals surface area contributed by atoms with Gasteiger partial charge in [0.1, 0.15) is 0 Å². The summed E-state index contributed by atoms with van der Waals surface area (Å²) in [6, 6.07) is 17.2. The van der Waals surface area contributed by atoms with E-state index in [2.05, 4.69) is 36.9 Å². The Morgan fingerprint density at radius 2 is 1.81 bits per heavy atom. The molecule has 3 aromatic carbocycles. The molecule has 8 heteroatoms. The maximum atomic E-state index is 13.9. The van der Waals surface area contributed by atoms with E-state index in [1.54, 1.807) is 18.4 Å². The minimum absolute atomic E-state index is 0.196. The number of carbonyl (C=O) groups excluding carboxylic acids is 1. The Hall–Kier alpha value is -2.81. The number of esters is 1. The fourth-order valence-electron chi connectivity index (χ4n) is 4.47. The molecule has 5 nitrogen and oxygen atoms in total. The van der Waals surface area contributed by atoms with Crippen LogP contribution < -0.4 is 14.9 Å². The third-order valence-electron chi connectivity index (χ3n) is 6.24. The summed E-state index contributed by atoms with van der Waals surface area (Å²) >= 11 is 8.50. The number of fused-ring (bicyclic) bond motifs is 2. The van der Waals surface area contributed by atoms with E-state index in [1.165, 1.54) is 11.3 Å². The predicted molar refractivity (Wildman–Crippen MR) is 151 cm³/mol. The smallest absolute Gasteiger partial charge is 0.338 e. The van der Waals surface area contributed by atoms with E-state index < -0.39 is 12.0 Å². The molecule has 0 N–H and O–H groups in total. The third kappa shape index (κ3) is 4.31. The Morgan fingerprint density at radius 1 is 1.11 bits per heavy atom. The van der Waals surface area contributed by atoms with E-state index >= 15 is 0 Å². The molecule has 0 spiro atoms. The van der Waals surface area contributed by atoms with Crippen LogP contribution >= 0.6 is 43.2 Å². The first-order chi connectivity index (χ1) is 17.3. The van der Waals surface area contributed by atoms with Gasteiger partial charge in [-0.25, -0.2) is 9.79 Å². The molecule has 36 heavy (non-hydrogen) atoms. The summed E-state index contributed by atoms with van der Waals surface area (Å²) in [5, 5.41) is 2.01. The highest BCUT2D eigenvalue weighted by Crippen LogP contribution is 2.35. The molecule has 0 bridgehead atoms. The summed E-state index contributed by atoms with van der Waals surface area (Å²) in [5.74, 6) is -0.461. The highest BCUT2D eigenvalue weighted by molar-refractivity contribution is 9.11. The Bertz CT molecular complexity index is 1720. The number of nitrogens with zero attached hydrogens (tertiary/aromatic N) is 2. The van der Waals surface area contributed by atoms with Gasteiger partial charge in [-0.15, -0.1) is 0 Å². The summed E-state index contributed by atoms with van der Waals surface area (Å²) in [6.07, 6.45) is 1.86. The van der Waals surface area contributed by atoms with E-state index in [0.717, 1.165) is 36.4 Å². The number of rotatable bonds is 4. The number of halogens is 2. The van der Waals surface area contributed by atoms with E-state index in [0.29, 0.717) is 20.6 Å². The molecular weight excluding hydrogens is 604 g/mol. The number of hydrogen-bond donors (Lipinski definition) is 0. The molecule has 0 radical (unpaired) electrons. The number of hydrogen-bond acceptors (Lipinski definition) is 5. The van der Waals surface area contributed by atoms with Gasteiger partial charge in [-0.05, 0) is 66.4 Å². The van der Waals surface area contributed by atoms with Crippen LogP contribution in [0.3, 0.4) is 0 Å². The SMILES string of the molecule is CCOC(=O)C1=C(C)N=c2s/c(=C\c3cc(Br)c(C)c(Br)c3)c(=O)n2[C@@H]1c1cccc2ccccc12. The number of carbonyl (C=O) groups is 1. The Kier molecular flexibility index (Phi) is 6.85. The summed E-state index contributed by atoms with van der Waals surface area (Å²) < 4.78 is 9.50. The summed E-state index contributed by atoms with van der Waals surface area (Å²) in [5.41, 5.74) is 3.57. The Labute approximate surface area is 228 Å². The molecule has 5 rings (SSSR count). The second-order valence-electron chi connectivity index (χ2n) is 8.48. The van der Waals surface area contributed by atoms with Crippen molar-refractivity contribution in [1.29, 1.82) is 0 Å². The molecule has 1 aliphatic heterocycles. The molecule has 1 aromatic heterocycles. The van der Waals surface area contributed by atoms with Crippen molar-refractivity contribution in [2.24, 2.45) is 4.99 Å². The van der Waals surface area contributed by atoms with Crippen LogP contribution in [0.25, 0.3) is 16.8 Å². The highest BCUT2D eigenvalue weighted by atomic mass is 79.9. The van der Waals surface area contributed by atoms with Gasteiger partial charge in [-0.2, -0.15) is 0 Å². The predicted octanol–water partition coefficient (Wildman–Crippen LogP) is 5.78. The fraction of sp³-hybridized carbons (Fsp3) is 0.179. The number of allylic oxidation sites excluding steroid dienone is 1. The van der Waals surface area contributed by atoms with E-state index in [9.17, 15) is 9.59 Å². The van der Waals surface area contributed by atoms with Crippen molar-refractivity contribution < 1.29 is 9.53 Å². The first-order valence-corrected chi connectivity index (χ1v) is 13.8. The lowest BCUT2D eigenvalue weighted by atomic mass is 9.91. The zero-order valence-electron chi connectivity index (χ0n) is 19.8. The van der Waals surface area contributed by atoms with Crippen molar-refractivity contribution in [3.8, 4) is 0 Å². The van der Waals surface area contributed by atoms with Crippen molar-refractivity contribution in [3.63, 3.8) is 0 Å². The van der Waals surface area contributed by atoms with Crippen LogP contribution in [0, 0.1) is 6.92 Å². The third-order valence-corrected chi connectivity index (χ3v) is 8.87. The van der Waals surface area contributed by atoms with Crippen LogP contribution in [-0.4, -0.2) is 17.1 Å². The standard InChI is InChI=1S/C28H22Br2N2O3S/c1-4-35-27(34)24-16(3)31-28-32(25(24)20-11-7-9-18-8-5-6-10-19(18)20)26(33)23(36-28)14-17-12-21(29)15(2)22(30)13-17/h5-14,25H,4H2,1-3H3/b23-14-/t25-/m1/s1. The first-order valence-electron chi connectivity index (χ1n) is 11.4. The van der Waals surface area contributed by atoms with Gasteiger partial charge < -0.3 is 4.74 Å². The molecule has 1 aliphatic rings. The van der Waals surface area contributed by atoms with E-state index in [4.69, 9.17) is 4.74 Å². The molecule has 0 aliphatic carbocycles. The maximum Gasteiger partial charge on any atom is 0.338 e. The van der Waals surface area contributed by atoms with E-state index in [1.807, 2.05) is 67.6 Å². The van der Waals surface area contributed by atoms with E-state index in [-0.39, 0.29) is 12.2 Å². The van der Waals surface area contributed by atoms with Crippen molar-refractivity contribution in [2.75, 3.05) is 6.61 Å². The van der Waals surface area contributed by atoms with Crippen LogP contribution in [0.4, 0.5) is 0 Å². The van der Waals surface area contributed by atoms with Gasteiger partial charge in [0.25, 0.3) is 5.56 Å². The lowest BCUT2D eigenvalue weighted by Gasteiger charge is -2.25. The number of benzene rings is 3. The number of aromatic nitrogens is 1. The lowest BCUT2D eigenvalue weighted by molar-refractivity contribution is -0.139. The van der Waals surface area contributed by atoms with Crippen LogP contribution in [0.5, 0.6) is 0 Å². The fourth-order valence-corrected chi connectivity index (χ4v) is 6.74. The zero-order chi connectivity index (χ0) is 25.6. The van der Waals surface area contributed by atoms with Crippen molar-refractivity contribution in [3.05, 3.63) is 111 Å². The Balaban J connectivity index is 1.80. The molecule has 0 unspecified atom stereocenters. The molecule has 0 amide bonds. The van der Waals surface area contributed by atoms with Gasteiger partial charge in [0.2, 0.25) is 0 Å². The largest absolute Gasteiger partial charge is 0.463 e. The van der Waals surface area contributed by atoms with Gasteiger partial charge in [-0.3, -0.25) is 9.36 Å². The van der Waals surface area contributed by atoms with Gasteiger partial charge in [-0.1, -0.05) is 85.7 Å². The maximum absolute atomic E-state index is 13.9. The first kappa shape index (κ1) is 24.9. The van der Waals surface area contributed by atoms with Crippen LogP contribution in [-0.2, 0) is 9.53 Å². The monoisotopic (exact) mass is 624 g/mol. The summed E-state index contributed by atoms with van der Waals surface area (Å²) in [7, 11) is 0. The Morgan fingerprint density at radius 3 is 2.53 bits per heavy atom. The molecule has 4 aromatic rings. The highest BCUT2D eigenvalue weighted by Gasteiger charge is 2.34. The van der Waals surface area contributed by atoms with Gasteiger partial charge in [0.05, 0.1) is 28.5 Å². The lowest BCUT2D eigenvalue weighted by Crippen LogP contribution is -2.40. The minimum Gasteiger partial charge on any atom is -0.463 e. The molecule has 0 saturated heterocycles. The average molecular weight is 626 g/mol. The molecule has 1 atom stereocenters. The minimum atomic E-state index is -0.648. The van der Waals surface area contributed by atoms with Crippen LogP contribution in [0.15, 0.2) is 84.6 Å². The van der Waals surface area contributed by atoms with Crippen LogP contribution in [0.2, 0.25) is 0 Å². The van der Waals surface area contributed by atoms with Crippen molar-refractivity contribution in [2.45, 2.75) is 26.8 Å². The van der Waals surface area contributed by atoms with Crippen LogP contribution in [0.1, 0.15) is 36.6 Å². The average Bonchev–Trinajstić information content (AvgIpc) is 3.15. The molecule has 182 valence electrons. The molecular formula is C28H22Br2N2O3S. The second kappa shape index (κ2) is 9.92.